The van der Waals surface area contributed by atoms with E-state index in [9.17, 15) is 4.79 Å². The maximum atomic E-state index is 12.0. The predicted octanol–water partition coefficient (Wildman–Crippen LogP) is 4.33. The van der Waals surface area contributed by atoms with Gasteiger partial charge in [-0.05, 0) is 34.5 Å². The van der Waals surface area contributed by atoms with Crippen molar-refractivity contribution in [2.45, 2.75) is 6.54 Å². The molecular weight excluding hydrogens is 342 g/mol. The normalized spacial score (nSPS) is 13.0. The van der Waals surface area contributed by atoms with Crippen molar-refractivity contribution in [1.82, 2.24) is 0 Å². The van der Waals surface area contributed by atoms with E-state index in [1.165, 1.54) is 0 Å². The Bertz CT molecular complexity index is 1210. The Balaban J connectivity index is 1.55. The van der Waals surface area contributed by atoms with E-state index in [0.29, 0.717) is 25.3 Å². The summed E-state index contributed by atoms with van der Waals surface area (Å²) in [6, 6.07) is 19.2. The van der Waals surface area contributed by atoms with E-state index in [2.05, 4.69) is 11.4 Å². The molecule has 1 aromatic heterocycles. The maximum Gasteiger partial charge on any atom is 0.336 e. The highest BCUT2D eigenvalue weighted by Crippen LogP contribution is 2.33. The van der Waals surface area contributed by atoms with E-state index in [-0.39, 0.29) is 5.63 Å². The summed E-state index contributed by atoms with van der Waals surface area (Å²) in [6.45, 7) is 1.61. The Hall–Kier alpha value is -3.47. The molecule has 1 aliphatic heterocycles. The highest BCUT2D eigenvalue weighted by molar-refractivity contribution is 6.07. The zero-order valence-corrected chi connectivity index (χ0v) is 14.5. The van der Waals surface area contributed by atoms with Crippen molar-refractivity contribution in [3.8, 4) is 11.5 Å². The van der Waals surface area contributed by atoms with Crippen molar-refractivity contribution in [3.05, 3.63) is 76.6 Å². The number of nitrogens with one attached hydrogen (secondary N) is 1. The Kier molecular flexibility index (Phi) is 3.71. The lowest BCUT2D eigenvalue weighted by atomic mass is 10.0. The van der Waals surface area contributed by atoms with Crippen LogP contribution in [0.25, 0.3) is 21.7 Å². The molecule has 27 heavy (non-hydrogen) atoms. The topological polar surface area (TPSA) is 60.7 Å². The van der Waals surface area contributed by atoms with E-state index >= 15 is 0 Å². The van der Waals surface area contributed by atoms with Gasteiger partial charge in [-0.25, -0.2) is 4.79 Å². The monoisotopic (exact) mass is 359 g/mol. The molecule has 0 aliphatic carbocycles. The largest absolute Gasteiger partial charge is 0.486 e. The van der Waals surface area contributed by atoms with Gasteiger partial charge in [0, 0.05) is 29.8 Å². The second-order valence-corrected chi connectivity index (χ2v) is 6.46. The third kappa shape index (κ3) is 2.87. The van der Waals surface area contributed by atoms with Gasteiger partial charge in [0.15, 0.2) is 11.5 Å². The van der Waals surface area contributed by atoms with Gasteiger partial charge in [0.2, 0.25) is 0 Å². The SMILES string of the molecule is O=c1cc(CNc2ccc3c(c2)OCCO3)c2c(ccc3ccccc32)o1. The zero-order valence-electron chi connectivity index (χ0n) is 14.5. The first-order chi connectivity index (χ1) is 13.3. The summed E-state index contributed by atoms with van der Waals surface area (Å²) in [5, 5.41) is 6.51. The second kappa shape index (κ2) is 6.36. The van der Waals surface area contributed by atoms with Gasteiger partial charge in [-0.3, -0.25) is 0 Å². The summed E-state index contributed by atoms with van der Waals surface area (Å²) in [7, 11) is 0. The molecule has 1 N–H and O–H groups in total. The Labute approximate surface area is 155 Å². The molecule has 5 rings (SSSR count). The molecule has 134 valence electrons. The van der Waals surface area contributed by atoms with Crippen molar-refractivity contribution < 1.29 is 13.9 Å². The van der Waals surface area contributed by atoms with Crippen LogP contribution in [0.1, 0.15) is 5.56 Å². The number of fused-ring (bicyclic) bond motifs is 4. The smallest absolute Gasteiger partial charge is 0.336 e. The molecule has 3 aromatic carbocycles. The fourth-order valence-corrected chi connectivity index (χ4v) is 3.51. The van der Waals surface area contributed by atoms with E-state index in [4.69, 9.17) is 13.9 Å². The molecule has 0 bridgehead atoms. The lowest BCUT2D eigenvalue weighted by molar-refractivity contribution is 0.171. The van der Waals surface area contributed by atoms with Crippen molar-refractivity contribution >= 4 is 27.4 Å². The van der Waals surface area contributed by atoms with Gasteiger partial charge in [-0.15, -0.1) is 0 Å². The molecule has 0 saturated carbocycles. The summed E-state index contributed by atoms with van der Waals surface area (Å²) in [5.41, 5.74) is 2.05. The molecule has 0 radical (unpaired) electrons. The van der Waals surface area contributed by atoms with E-state index in [0.717, 1.165) is 38.9 Å². The van der Waals surface area contributed by atoms with Crippen LogP contribution in [0.15, 0.2) is 69.9 Å². The molecule has 5 nitrogen and oxygen atoms in total. The van der Waals surface area contributed by atoms with E-state index in [1.807, 2.05) is 48.5 Å². The number of anilines is 1. The van der Waals surface area contributed by atoms with Crippen LogP contribution in [0.5, 0.6) is 11.5 Å². The quantitative estimate of drug-likeness (QED) is 0.436. The van der Waals surface area contributed by atoms with Crippen molar-refractivity contribution in [1.29, 1.82) is 0 Å². The Morgan fingerprint density at radius 2 is 1.74 bits per heavy atom. The summed E-state index contributed by atoms with van der Waals surface area (Å²) in [4.78, 5) is 12.0. The number of rotatable bonds is 3. The van der Waals surface area contributed by atoms with Gasteiger partial charge >= 0.3 is 5.63 Å². The van der Waals surface area contributed by atoms with Crippen LogP contribution in [0, 0.1) is 0 Å². The van der Waals surface area contributed by atoms with Crippen molar-refractivity contribution in [2.24, 2.45) is 0 Å². The highest BCUT2D eigenvalue weighted by atomic mass is 16.6. The van der Waals surface area contributed by atoms with Crippen LogP contribution in [0.3, 0.4) is 0 Å². The van der Waals surface area contributed by atoms with Gasteiger partial charge < -0.3 is 19.2 Å². The molecule has 0 atom stereocenters. The molecule has 0 unspecified atom stereocenters. The predicted molar refractivity (Wildman–Crippen MR) is 105 cm³/mol. The molecule has 0 saturated heterocycles. The number of hydrogen-bond donors (Lipinski definition) is 1. The molecule has 1 aliphatic rings. The van der Waals surface area contributed by atoms with Gasteiger partial charge in [-0.1, -0.05) is 30.3 Å². The van der Waals surface area contributed by atoms with Gasteiger partial charge in [0.05, 0.1) is 0 Å². The molecular formula is C22H17NO4. The highest BCUT2D eigenvalue weighted by Gasteiger charge is 2.13. The van der Waals surface area contributed by atoms with Gasteiger partial charge in [-0.2, -0.15) is 0 Å². The summed E-state index contributed by atoms with van der Waals surface area (Å²) < 4.78 is 16.6. The fraction of sp³-hybridized carbons (Fsp3) is 0.136. The minimum absolute atomic E-state index is 0.350. The van der Waals surface area contributed by atoms with E-state index < -0.39 is 0 Å². The summed E-state index contributed by atoms with van der Waals surface area (Å²) in [5.74, 6) is 1.48. The zero-order chi connectivity index (χ0) is 18.2. The lowest BCUT2D eigenvalue weighted by Gasteiger charge is -2.19. The summed E-state index contributed by atoms with van der Waals surface area (Å²) >= 11 is 0. The minimum Gasteiger partial charge on any atom is -0.486 e. The standard InChI is InChI=1S/C22H17NO4/c24-21-11-15(13-23-16-6-8-18-20(12-16)26-10-9-25-18)22-17-4-2-1-3-14(17)5-7-19(22)27-21/h1-8,11-12,23H,9-10,13H2. The van der Waals surface area contributed by atoms with Crippen LogP contribution in [0.4, 0.5) is 5.69 Å². The molecule has 4 aromatic rings. The number of ether oxygens (including phenoxy) is 2. The maximum absolute atomic E-state index is 12.0. The van der Waals surface area contributed by atoms with Gasteiger partial charge in [0.25, 0.3) is 0 Å². The third-order valence-corrected chi connectivity index (χ3v) is 4.74. The number of hydrogen-bond acceptors (Lipinski definition) is 5. The van der Waals surface area contributed by atoms with Gasteiger partial charge in [0.1, 0.15) is 18.8 Å². The van der Waals surface area contributed by atoms with Crippen LogP contribution in [-0.2, 0) is 6.54 Å². The van der Waals surface area contributed by atoms with Crippen LogP contribution in [-0.4, -0.2) is 13.2 Å². The third-order valence-electron chi connectivity index (χ3n) is 4.74. The molecule has 0 fully saturated rings. The first-order valence-electron chi connectivity index (χ1n) is 8.86. The van der Waals surface area contributed by atoms with Crippen molar-refractivity contribution in [3.63, 3.8) is 0 Å². The van der Waals surface area contributed by atoms with Crippen LogP contribution < -0.4 is 20.4 Å². The Morgan fingerprint density at radius 3 is 2.67 bits per heavy atom. The second-order valence-electron chi connectivity index (χ2n) is 6.46. The van der Waals surface area contributed by atoms with E-state index in [1.54, 1.807) is 6.07 Å². The van der Waals surface area contributed by atoms with Crippen LogP contribution >= 0.6 is 0 Å². The number of benzene rings is 3. The molecule has 0 spiro atoms. The minimum atomic E-state index is -0.350. The lowest BCUT2D eigenvalue weighted by Crippen LogP contribution is -2.15. The first kappa shape index (κ1) is 15.8. The molecule has 2 heterocycles. The fourth-order valence-electron chi connectivity index (χ4n) is 3.51. The Morgan fingerprint density at radius 1 is 0.889 bits per heavy atom. The molecule has 0 amide bonds. The summed E-state index contributed by atoms with van der Waals surface area (Å²) in [6.07, 6.45) is 0. The van der Waals surface area contributed by atoms with Crippen LogP contribution in [0.2, 0.25) is 0 Å². The first-order valence-corrected chi connectivity index (χ1v) is 8.86. The van der Waals surface area contributed by atoms with Crippen molar-refractivity contribution in [2.75, 3.05) is 18.5 Å². The molecule has 5 heteroatoms. The average molecular weight is 359 g/mol. The average Bonchev–Trinajstić information content (AvgIpc) is 2.71.